The topological polar surface area (TPSA) is 59.2 Å². The van der Waals surface area contributed by atoms with E-state index >= 15 is 0 Å². The zero-order chi connectivity index (χ0) is 18.1. The number of likely N-dealkylation sites (tertiary alicyclic amines) is 1. The van der Waals surface area contributed by atoms with Gasteiger partial charge in [-0.1, -0.05) is 23.5 Å². The van der Waals surface area contributed by atoms with Crippen molar-refractivity contribution in [2.75, 3.05) is 13.1 Å². The van der Waals surface area contributed by atoms with Crippen LogP contribution in [0.25, 0.3) is 10.6 Å². The molecule has 5 nitrogen and oxygen atoms in total. The summed E-state index contributed by atoms with van der Waals surface area (Å²) in [6.07, 6.45) is 1.81. The SMILES string of the molecule is O=C(c1ccc(Br)o1)N1CCCC(c2nnc(-c3ccccc3F)s2)C1. The Labute approximate surface area is 162 Å². The highest BCUT2D eigenvalue weighted by Crippen LogP contribution is 2.34. The van der Waals surface area contributed by atoms with Crippen molar-refractivity contribution in [2.24, 2.45) is 0 Å². The second kappa shape index (κ2) is 7.28. The molecular formula is C18H15BrFN3O2S. The predicted molar refractivity (Wildman–Crippen MR) is 99.6 cm³/mol. The lowest BCUT2D eigenvalue weighted by molar-refractivity contribution is 0.0673. The number of rotatable bonds is 3. The molecule has 2 aromatic heterocycles. The smallest absolute Gasteiger partial charge is 0.289 e. The Hall–Kier alpha value is -2.06. The predicted octanol–water partition coefficient (Wildman–Crippen LogP) is 4.72. The second-order valence-corrected chi connectivity index (χ2v) is 7.91. The molecule has 1 amide bonds. The summed E-state index contributed by atoms with van der Waals surface area (Å²) in [5.41, 5.74) is 0.459. The molecule has 1 aromatic carbocycles. The molecule has 0 saturated carbocycles. The van der Waals surface area contributed by atoms with Gasteiger partial charge in [-0.15, -0.1) is 10.2 Å². The number of amides is 1. The van der Waals surface area contributed by atoms with E-state index < -0.39 is 0 Å². The summed E-state index contributed by atoms with van der Waals surface area (Å²) in [6.45, 7) is 1.25. The zero-order valence-corrected chi connectivity index (χ0v) is 16.1. The van der Waals surface area contributed by atoms with Gasteiger partial charge in [-0.3, -0.25) is 4.79 Å². The monoisotopic (exact) mass is 435 g/mol. The van der Waals surface area contributed by atoms with E-state index in [1.165, 1.54) is 17.4 Å². The van der Waals surface area contributed by atoms with Crippen molar-refractivity contribution in [3.8, 4) is 10.6 Å². The van der Waals surface area contributed by atoms with Crippen molar-refractivity contribution in [2.45, 2.75) is 18.8 Å². The molecule has 1 saturated heterocycles. The first-order valence-corrected chi connectivity index (χ1v) is 9.85. The van der Waals surface area contributed by atoms with Crippen LogP contribution in [-0.4, -0.2) is 34.1 Å². The number of furan rings is 1. The van der Waals surface area contributed by atoms with E-state index in [1.807, 2.05) is 0 Å². The zero-order valence-electron chi connectivity index (χ0n) is 13.7. The Morgan fingerprint density at radius 1 is 1.27 bits per heavy atom. The molecule has 1 unspecified atom stereocenters. The van der Waals surface area contributed by atoms with Crippen LogP contribution in [0.3, 0.4) is 0 Å². The van der Waals surface area contributed by atoms with Crippen molar-refractivity contribution in [1.82, 2.24) is 15.1 Å². The summed E-state index contributed by atoms with van der Waals surface area (Å²) in [4.78, 5) is 14.4. The van der Waals surface area contributed by atoms with E-state index in [0.29, 0.717) is 34.1 Å². The van der Waals surface area contributed by atoms with Crippen LogP contribution in [0.1, 0.15) is 34.3 Å². The molecule has 3 aromatic rings. The molecular weight excluding hydrogens is 421 g/mol. The molecule has 1 aliphatic rings. The van der Waals surface area contributed by atoms with Crippen LogP contribution in [0.15, 0.2) is 45.5 Å². The van der Waals surface area contributed by atoms with Gasteiger partial charge in [0.2, 0.25) is 0 Å². The van der Waals surface area contributed by atoms with Crippen molar-refractivity contribution in [3.05, 3.63) is 57.7 Å². The fraction of sp³-hybridized carbons (Fsp3) is 0.278. The van der Waals surface area contributed by atoms with Crippen LogP contribution in [0.5, 0.6) is 0 Å². The third-order valence-corrected chi connectivity index (χ3v) is 5.93. The number of carbonyl (C=O) groups is 1. The van der Waals surface area contributed by atoms with Crippen molar-refractivity contribution in [1.29, 1.82) is 0 Å². The Balaban J connectivity index is 1.52. The first-order chi connectivity index (χ1) is 12.6. The standard InChI is InChI=1S/C18H15BrFN3O2S/c19-15-8-7-14(25-15)18(24)23-9-3-4-11(10-23)16-21-22-17(26-16)12-5-1-2-6-13(12)20/h1-2,5-8,11H,3-4,9-10H2. The summed E-state index contributed by atoms with van der Waals surface area (Å²) >= 11 is 4.61. The van der Waals surface area contributed by atoms with Gasteiger partial charge in [0.15, 0.2) is 15.4 Å². The minimum Gasteiger partial charge on any atom is -0.444 e. The lowest BCUT2D eigenvalue weighted by Gasteiger charge is -2.30. The summed E-state index contributed by atoms with van der Waals surface area (Å²) in [7, 11) is 0. The fourth-order valence-electron chi connectivity index (χ4n) is 3.09. The molecule has 4 rings (SSSR count). The number of aromatic nitrogens is 2. The van der Waals surface area contributed by atoms with Gasteiger partial charge in [-0.25, -0.2) is 4.39 Å². The molecule has 134 valence electrons. The van der Waals surface area contributed by atoms with E-state index in [4.69, 9.17) is 4.42 Å². The molecule has 0 spiro atoms. The molecule has 0 radical (unpaired) electrons. The maximum absolute atomic E-state index is 14.0. The largest absolute Gasteiger partial charge is 0.444 e. The summed E-state index contributed by atoms with van der Waals surface area (Å²) in [5, 5.41) is 9.82. The molecule has 1 aliphatic heterocycles. The average molecular weight is 436 g/mol. The van der Waals surface area contributed by atoms with Gasteiger partial charge in [0, 0.05) is 24.6 Å². The van der Waals surface area contributed by atoms with Gasteiger partial charge in [0.05, 0.1) is 0 Å². The van der Waals surface area contributed by atoms with Crippen LogP contribution < -0.4 is 0 Å². The summed E-state index contributed by atoms with van der Waals surface area (Å²) < 4.78 is 19.9. The number of benzene rings is 1. The van der Waals surface area contributed by atoms with Crippen LogP contribution in [0, 0.1) is 5.82 Å². The number of hydrogen-bond donors (Lipinski definition) is 0. The minimum atomic E-state index is -0.306. The highest BCUT2D eigenvalue weighted by molar-refractivity contribution is 9.10. The maximum Gasteiger partial charge on any atom is 0.289 e. The first-order valence-electron chi connectivity index (χ1n) is 8.25. The molecule has 0 aliphatic carbocycles. The Morgan fingerprint density at radius 3 is 2.88 bits per heavy atom. The lowest BCUT2D eigenvalue weighted by atomic mass is 9.98. The normalized spacial score (nSPS) is 17.5. The second-order valence-electron chi connectivity index (χ2n) is 6.12. The van der Waals surface area contributed by atoms with Gasteiger partial charge in [0.25, 0.3) is 5.91 Å². The van der Waals surface area contributed by atoms with Gasteiger partial charge in [0.1, 0.15) is 10.8 Å². The van der Waals surface area contributed by atoms with E-state index in [0.717, 1.165) is 17.8 Å². The summed E-state index contributed by atoms with van der Waals surface area (Å²) in [6, 6.07) is 9.92. The Kier molecular flexibility index (Phi) is 4.86. The Morgan fingerprint density at radius 2 is 2.12 bits per heavy atom. The van der Waals surface area contributed by atoms with E-state index in [-0.39, 0.29) is 17.6 Å². The van der Waals surface area contributed by atoms with Gasteiger partial charge >= 0.3 is 0 Å². The van der Waals surface area contributed by atoms with Crippen molar-refractivity contribution >= 4 is 33.2 Å². The van der Waals surface area contributed by atoms with Crippen LogP contribution in [0.2, 0.25) is 0 Å². The van der Waals surface area contributed by atoms with E-state index in [1.54, 1.807) is 35.2 Å². The first kappa shape index (κ1) is 17.4. The summed E-state index contributed by atoms with van der Waals surface area (Å²) in [5.74, 6) is -0.00996. The number of carbonyl (C=O) groups excluding carboxylic acids is 1. The molecule has 1 atom stereocenters. The van der Waals surface area contributed by atoms with Crippen LogP contribution in [-0.2, 0) is 0 Å². The third kappa shape index (κ3) is 3.43. The highest BCUT2D eigenvalue weighted by atomic mass is 79.9. The highest BCUT2D eigenvalue weighted by Gasteiger charge is 2.29. The van der Waals surface area contributed by atoms with E-state index in [2.05, 4.69) is 26.1 Å². The third-order valence-electron chi connectivity index (χ3n) is 4.39. The number of nitrogens with zero attached hydrogens (tertiary/aromatic N) is 3. The average Bonchev–Trinajstić information content (AvgIpc) is 3.31. The van der Waals surface area contributed by atoms with Gasteiger partial charge < -0.3 is 9.32 Å². The number of piperidine rings is 1. The Bertz CT molecular complexity index is 942. The van der Waals surface area contributed by atoms with E-state index in [9.17, 15) is 9.18 Å². The molecule has 3 heterocycles. The van der Waals surface area contributed by atoms with Crippen molar-refractivity contribution < 1.29 is 13.6 Å². The molecule has 1 fully saturated rings. The van der Waals surface area contributed by atoms with Crippen molar-refractivity contribution in [3.63, 3.8) is 0 Å². The molecule has 0 bridgehead atoms. The number of hydrogen-bond acceptors (Lipinski definition) is 5. The molecule has 8 heteroatoms. The minimum absolute atomic E-state index is 0.101. The quantitative estimate of drug-likeness (QED) is 0.596. The fourth-order valence-corrected chi connectivity index (χ4v) is 4.39. The van der Waals surface area contributed by atoms with Crippen LogP contribution in [0.4, 0.5) is 4.39 Å². The molecule has 0 N–H and O–H groups in total. The maximum atomic E-state index is 14.0. The van der Waals surface area contributed by atoms with Gasteiger partial charge in [-0.2, -0.15) is 0 Å². The van der Waals surface area contributed by atoms with Crippen LogP contribution >= 0.6 is 27.3 Å². The lowest BCUT2D eigenvalue weighted by Crippen LogP contribution is -2.38. The molecule has 26 heavy (non-hydrogen) atoms. The van der Waals surface area contributed by atoms with Gasteiger partial charge in [-0.05, 0) is 53.0 Å². The number of halogens is 2.